The molecule has 0 spiro atoms. The third kappa shape index (κ3) is 6.28. The standard InChI is InChI=1S/C24H32N4O3/c1-24(2,3)25-21(29)16-27-11-13-28(14-12-27)22(30)17-26(4)23(31)20-10-9-18-7-5-6-8-19(18)15-20/h5-10,15H,11-14,16-17H2,1-4H3,(H,25,29). The zero-order valence-corrected chi connectivity index (χ0v) is 18.9. The van der Waals surface area contributed by atoms with Crippen LogP contribution >= 0.6 is 0 Å². The molecule has 166 valence electrons. The second kappa shape index (κ2) is 9.47. The van der Waals surface area contributed by atoms with Gasteiger partial charge in [0.25, 0.3) is 5.91 Å². The van der Waals surface area contributed by atoms with E-state index >= 15 is 0 Å². The van der Waals surface area contributed by atoms with Gasteiger partial charge >= 0.3 is 0 Å². The number of hydrogen-bond acceptors (Lipinski definition) is 4. The number of likely N-dealkylation sites (N-methyl/N-ethyl adjacent to an activating group) is 1. The first-order valence-corrected chi connectivity index (χ1v) is 10.7. The molecule has 7 nitrogen and oxygen atoms in total. The minimum atomic E-state index is -0.253. The number of hydrogen-bond donors (Lipinski definition) is 1. The van der Waals surface area contributed by atoms with Crippen molar-refractivity contribution in [3.05, 3.63) is 48.0 Å². The van der Waals surface area contributed by atoms with E-state index in [1.165, 1.54) is 4.90 Å². The summed E-state index contributed by atoms with van der Waals surface area (Å²) in [4.78, 5) is 42.9. The predicted molar refractivity (Wildman–Crippen MR) is 122 cm³/mol. The first kappa shape index (κ1) is 22.7. The van der Waals surface area contributed by atoms with Crippen LogP contribution in [0.15, 0.2) is 42.5 Å². The molecule has 1 aliphatic rings. The number of carbonyl (C=O) groups is 3. The van der Waals surface area contributed by atoms with Gasteiger partial charge in [0.05, 0.1) is 13.1 Å². The molecule has 1 heterocycles. The van der Waals surface area contributed by atoms with Gasteiger partial charge in [-0.3, -0.25) is 19.3 Å². The van der Waals surface area contributed by atoms with Crippen LogP contribution in [0.2, 0.25) is 0 Å². The number of amides is 3. The van der Waals surface area contributed by atoms with Crippen LogP contribution < -0.4 is 5.32 Å². The average molecular weight is 425 g/mol. The molecule has 1 aliphatic heterocycles. The first-order chi connectivity index (χ1) is 14.6. The third-order valence-electron chi connectivity index (χ3n) is 5.32. The second-order valence-electron chi connectivity index (χ2n) is 9.18. The second-order valence-corrected chi connectivity index (χ2v) is 9.18. The van der Waals surface area contributed by atoms with Crippen molar-refractivity contribution >= 4 is 28.5 Å². The van der Waals surface area contributed by atoms with Gasteiger partial charge < -0.3 is 15.1 Å². The molecule has 2 aromatic rings. The normalized spacial score (nSPS) is 15.0. The van der Waals surface area contributed by atoms with Crippen molar-refractivity contribution in [2.24, 2.45) is 0 Å². The topological polar surface area (TPSA) is 73.0 Å². The van der Waals surface area contributed by atoms with Gasteiger partial charge in [0.2, 0.25) is 11.8 Å². The highest BCUT2D eigenvalue weighted by molar-refractivity contribution is 5.99. The summed E-state index contributed by atoms with van der Waals surface area (Å²) in [5, 5.41) is 5.04. The van der Waals surface area contributed by atoms with Gasteiger partial charge in [-0.15, -0.1) is 0 Å². The Labute approximate surface area is 184 Å². The number of nitrogens with zero attached hydrogens (tertiary/aromatic N) is 3. The maximum atomic E-state index is 12.8. The van der Waals surface area contributed by atoms with Crippen LogP contribution in [0.3, 0.4) is 0 Å². The highest BCUT2D eigenvalue weighted by Crippen LogP contribution is 2.17. The van der Waals surface area contributed by atoms with Crippen molar-refractivity contribution in [3.63, 3.8) is 0 Å². The van der Waals surface area contributed by atoms with E-state index in [0.29, 0.717) is 38.3 Å². The Hall–Kier alpha value is -2.93. The maximum absolute atomic E-state index is 12.8. The summed E-state index contributed by atoms with van der Waals surface area (Å²) in [6, 6.07) is 13.5. The van der Waals surface area contributed by atoms with Crippen molar-refractivity contribution in [2.75, 3.05) is 46.3 Å². The third-order valence-corrected chi connectivity index (χ3v) is 5.32. The summed E-state index contributed by atoms with van der Waals surface area (Å²) in [5.74, 6) is -0.250. The van der Waals surface area contributed by atoms with Crippen LogP contribution in [0.1, 0.15) is 31.1 Å². The fourth-order valence-corrected chi connectivity index (χ4v) is 3.73. The Kier molecular flexibility index (Phi) is 6.95. The fraction of sp³-hybridized carbons (Fsp3) is 0.458. The minimum absolute atomic E-state index is 0.00649. The van der Waals surface area contributed by atoms with E-state index in [-0.39, 0.29) is 29.8 Å². The molecule has 7 heteroatoms. The molecule has 0 aromatic heterocycles. The molecule has 0 atom stereocenters. The monoisotopic (exact) mass is 424 g/mol. The van der Waals surface area contributed by atoms with Gasteiger partial charge in [0, 0.05) is 44.3 Å². The molecule has 1 saturated heterocycles. The first-order valence-electron chi connectivity index (χ1n) is 10.7. The maximum Gasteiger partial charge on any atom is 0.254 e. The van der Waals surface area contributed by atoms with Crippen molar-refractivity contribution in [2.45, 2.75) is 26.3 Å². The molecule has 0 bridgehead atoms. The number of carbonyl (C=O) groups excluding carboxylic acids is 3. The van der Waals surface area contributed by atoms with E-state index < -0.39 is 0 Å². The molecule has 3 rings (SSSR count). The van der Waals surface area contributed by atoms with Crippen LogP contribution in [0.5, 0.6) is 0 Å². The Morgan fingerprint density at radius 3 is 2.26 bits per heavy atom. The van der Waals surface area contributed by atoms with E-state index in [0.717, 1.165) is 10.8 Å². The van der Waals surface area contributed by atoms with Crippen LogP contribution in [0.4, 0.5) is 0 Å². The Balaban J connectivity index is 1.49. The summed E-state index contributed by atoms with van der Waals surface area (Å²) in [6.07, 6.45) is 0. The fourth-order valence-electron chi connectivity index (χ4n) is 3.73. The molecular formula is C24H32N4O3. The molecule has 3 amide bonds. The van der Waals surface area contributed by atoms with Crippen LogP contribution in [0.25, 0.3) is 10.8 Å². The largest absolute Gasteiger partial charge is 0.350 e. The molecule has 31 heavy (non-hydrogen) atoms. The predicted octanol–water partition coefficient (Wildman–Crippen LogP) is 1.97. The molecule has 1 fully saturated rings. The molecule has 1 N–H and O–H groups in total. The van der Waals surface area contributed by atoms with Crippen LogP contribution in [-0.2, 0) is 9.59 Å². The summed E-state index contributed by atoms with van der Waals surface area (Å²) in [5.41, 5.74) is 0.320. The van der Waals surface area contributed by atoms with Gasteiger partial charge in [-0.25, -0.2) is 0 Å². The summed E-state index contributed by atoms with van der Waals surface area (Å²) in [6.45, 7) is 8.64. The number of nitrogens with one attached hydrogen (secondary N) is 1. The highest BCUT2D eigenvalue weighted by Gasteiger charge is 2.25. The molecule has 0 saturated carbocycles. The SMILES string of the molecule is CN(CC(=O)N1CCN(CC(=O)NC(C)(C)C)CC1)C(=O)c1ccc2ccccc2c1. The number of benzene rings is 2. The lowest BCUT2D eigenvalue weighted by molar-refractivity contribution is -0.133. The van der Waals surface area contributed by atoms with E-state index in [9.17, 15) is 14.4 Å². The van der Waals surface area contributed by atoms with Gasteiger partial charge in [-0.1, -0.05) is 30.3 Å². The lowest BCUT2D eigenvalue weighted by Gasteiger charge is -2.35. The van der Waals surface area contributed by atoms with Gasteiger partial charge in [0.1, 0.15) is 0 Å². The molecule has 2 aromatic carbocycles. The summed E-state index contributed by atoms with van der Waals surface area (Å²) in [7, 11) is 1.66. The summed E-state index contributed by atoms with van der Waals surface area (Å²) >= 11 is 0. The molecule has 0 unspecified atom stereocenters. The summed E-state index contributed by atoms with van der Waals surface area (Å²) < 4.78 is 0. The van der Waals surface area contributed by atoms with Crippen molar-refractivity contribution in [3.8, 4) is 0 Å². The van der Waals surface area contributed by atoms with E-state index in [4.69, 9.17) is 0 Å². The van der Waals surface area contributed by atoms with Gasteiger partial charge in [-0.2, -0.15) is 0 Å². The van der Waals surface area contributed by atoms with Crippen molar-refractivity contribution < 1.29 is 14.4 Å². The van der Waals surface area contributed by atoms with Crippen molar-refractivity contribution in [1.29, 1.82) is 0 Å². The number of rotatable bonds is 5. The Morgan fingerprint density at radius 2 is 1.61 bits per heavy atom. The minimum Gasteiger partial charge on any atom is -0.350 e. The molecule has 0 aliphatic carbocycles. The molecular weight excluding hydrogens is 392 g/mol. The lowest BCUT2D eigenvalue weighted by Crippen LogP contribution is -2.54. The molecule has 0 radical (unpaired) electrons. The lowest BCUT2D eigenvalue weighted by atomic mass is 10.1. The zero-order chi connectivity index (χ0) is 22.6. The number of fused-ring (bicyclic) bond motifs is 1. The Bertz CT molecular complexity index is 959. The van der Waals surface area contributed by atoms with Crippen LogP contribution in [0, 0.1) is 0 Å². The van der Waals surface area contributed by atoms with E-state index in [2.05, 4.69) is 10.2 Å². The quantitative estimate of drug-likeness (QED) is 0.797. The average Bonchev–Trinajstić information content (AvgIpc) is 2.71. The Morgan fingerprint density at radius 1 is 0.968 bits per heavy atom. The highest BCUT2D eigenvalue weighted by atomic mass is 16.2. The van der Waals surface area contributed by atoms with Crippen LogP contribution in [-0.4, -0.2) is 84.3 Å². The van der Waals surface area contributed by atoms with E-state index in [1.54, 1.807) is 18.0 Å². The van der Waals surface area contributed by atoms with Gasteiger partial charge in [0.15, 0.2) is 0 Å². The smallest absolute Gasteiger partial charge is 0.254 e. The van der Waals surface area contributed by atoms with Crippen molar-refractivity contribution in [1.82, 2.24) is 20.0 Å². The van der Waals surface area contributed by atoms with E-state index in [1.807, 2.05) is 57.2 Å². The number of piperazine rings is 1. The zero-order valence-electron chi connectivity index (χ0n) is 18.9. The van der Waals surface area contributed by atoms with Gasteiger partial charge in [-0.05, 0) is 43.7 Å².